The Balaban J connectivity index is 2.89. The average molecular weight is 171 g/mol. The summed E-state index contributed by atoms with van der Waals surface area (Å²) in [6, 6.07) is 3.64. The van der Waals surface area contributed by atoms with E-state index in [2.05, 4.69) is 5.16 Å². The largest absolute Gasteiger partial charge is 0.409 e. The predicted octanol–water partition coefficient (Wildman–Crippen LogP) is 0.301. The quantitative estimate of drug-likeness (QED) is 0.259. The van der Waals surface area contributed by atoms with Gasteiger partial charge in [0.2, 0.25) is 0 Å². The molecule has 0 amide bonds. The van der Waals surface area contributed by atoms with Crippen molar-refractivity contribution in [2.45, 2.75) is 6.54 Å². The van der Waals surface area contributed by atoms with Gasteiger partial charge in [-0.2, -0.15) is 0 Å². The number of rotatable bonds is 2. The van der Waals surface area contributed by atoms with Crippen LogP contribution in [0, 0.1) is 0 Å². The van der Waals surface area contributed by atoms with Crippen LogP contribution >= 0.6 is 11.3 Å². The molecule has 1 heterocycles. The second kappa shape index (κ2) is 3.36. The first-order valence-corrected chi connectivity index (χ1v) is 3.86. The normalized spacial score (nSPS) is 11.9. The highest BCUT2D eigenvalue weighted by Gasteiger charge is 2.01. The molecule has 0 fully saturated rings. The van der Waals surface area contributed by atoms with Crippen LogP contribution in [-0.4, -0.2) is 11.0 Å². The second-order valence-corrected chi connectivity index (χ2v) is 3.12. The zero-order chi connectivity index (χ0) is 8.27. The van der Waals surface area contributed by atoms with Gasteiger partial charge in [-0.05, 0) is 12.1 Å². The van der Waals surface area contributed by atoms with E-state index in [1.54, 1.807) is 6.07 Å². The van der Waals surface area contributed by atoms with Gasteiger partial charge in [0.25, 0.3) is 0 Å². The minimum Gasteiger partial charge on any atom is -0.409 e. The van der Waals surface area contributed by atoms with E-state index in [0.29, 0.717) is 6.54 Å². The lowest BCUT2D eigenvalue weighted by Crippen LogP contribution is -2.10. The summed E-state index contributed by atoms with van der Waals surface area (Å²) in [7, 11) is 0. The van der Waals surface area contributed by atoms with E-state index in [-0.39, 0.29) is 5.84 Å². The van der Waals surface area contributed by atoms with Crippen molar-refractivity contribution in [2.75, 3.05) is 0 Å². The third-order valence-corrected chi connectivity index (χ3v) is 2.35. The molecule has 0 saturated heterocycles. The summed E-state index contributed by atoms with van der Waals surface area (Å²) >= 11 is 1.42. The zero-order valence-electron chi connectivity index (χ0n) is 5.82. The molecule has 11 heavy (non-hydrogen) atoms. The number of hydrogen-bond acceptors (Lipinski definition) is 4. The Bertz CT molecular complexity index is 269. The van der Waals surface area contributed by atoms with Crippen LogP contribution in [0.15, 0.2) is 17.3 Å². The SMILES string of the molecule is NCc1ccc(C(N)=NO)s1. The maximum Gasteiger partial charge on any atom is 0.180 e. The molecule has 1 aromatic rings. The van der Waals surface area contributed by atoms with Crippen molar-refractivity contribution in [1.29, 1.82) is 0 Å². The minimum absolute atomic E-state index is 0.134. The molecular formula is C6H9N3OS. The number of nitrogens with two attached hydrogens (primary N) is 2. The Labute approximate surface area is 68.1 Å². The lowest BCUT2D eigenvalue weighted by atomic mass is 10.4. The molecule has 0 aromatic carbocycles. The fourth-order valence-electron chi connectivity index (χ4n) is 0.675. The molecule has 60 valence electrons. The van der Waals surface area contributed by atoms with Crippen molar-refractivity contribution in [1.82, 2.24) is 0 Å². The van der Waals surface area contributed by atoms with E-state index >= 15 is 0 Å². The second-order valence-electron chi connectivity index (χ2n) is 1.96. The van der Waals surface area contributed by atoms with Crippen LogP contribution in [0.5, 0.6) is 0 Å². The van der Waals surface area contributed by atoms with Gasteiger partial charge in [-0.15, -0.1) is 11.3 Å². The predicted molar refractivity (Wildman–Crippen MR) is 44.7 cm³/mol. The van der Waals surface area contributed by atoms with Crippen molar-refractivity contribution in [2.24, 2.45) is 16.6 Å². The maximum absolute atomic E-state index is 8.31. The van der Waals surface area contributed by atoms with Gasteiger partial charge >= 0.3 is 0 Å². The van der Waals surface area contributed by atoms with Crippen LogP contribution in [0.2, 0.25) is 0 Å². The summed E-state index contributed by atoms with van der Waals surface area (Å²) in [5.41, 5.74) is 10.7. The molecule has 0 aliphatic carbocycles. The van der Waals surface area contributed by atoms with Gasteiger partial charge in [-0.1, -0.05) is 5.16 Å². The van der Waals surface area contributed by atoms with E-state index in [1.165, 1.54) is 11.3 Å². The van der Waals surface area contributed by atoms with Crippen LogP contribution in [0.3, 0.4) is 0 Å². The lowest BCUT2D eigenvalue weighted by Gasteiger charge is -1.89. The zero-order valence-corrected chi connectivity index (χ0v) is 6.64. The maximum atomic E-state index is 8.31. The van der Waals surface area contributed by atoms with Gasteiger partial charge in [0.15, 0.2) is 5.84 Å². The van der Waals surface area contributed by atoms with Crippen molar-refractivity contribution in [3.63, 3.8) is 0 Å². The summed E-state index contributed by atoms with van der Waals surface area (Å²) in [6.07, 6.45) is 0. The molecule has 4 nitrogen and oxygen atoms in total. The van der Waals surface area contributed by atoms with Gasteiger partial charge in [-0.25, -0.2) is 0 Å². The molecule has 1 aromatic heterocycles. The Morgan fingerprint density at radius 2 is 2.36 bits per heavy atom. The topological polar surface area (TPSA) is 84.6 Å². The molecular weight excluding hydrogens is 162 g/mol. The van der Waals surface area contributed by atoms with Crippen LogP contribution in [0.4, 0.5) is 0 Å². The minimum atomic E-state index is 0.134. The van der Waals surface area contributed by atoms with Gasteiger partial charge in [0, 0.05) is 11.4 Å². The first-order chi connectivity index (χ1) is 5.27. The van der Waals surface area contributed by atoms with Crippen molar-refractivity contribution in [3.05, 3.63) is 21.9 Å². The van der Waals surface area contributed by atoms with Crippen LogP contribution < -0.4 is 11.5 Å². The van der Waals surface area contributed by atoms with Gasteiger partial charge in [-0.3, -0.25) is 0 Å². The third kappa shape index (κ3) is 1.69. The molecule has 1 rings (SSSR count). The Hall–Kier alpha value is -1.07. The highest BCUT2D eigenvalue weighted by molar-refractivity contribution is 7.14. The van der Waals surface area contributed by atoms with Crippen LogP contribution in [0.25, 0.3) is 0 Å². The first-order valence-electron chi connectivity index (χ1n) is 3.04. The summed E-state index contributed by atoms with van der Waals surface area (Å²) in [6.45, 7) is 0.489. The fraction of sp³-hybridized carbons (Fsp3) is 0.167. The molecule has 0 aliphatic rings. The van der Waals surface area contributed by atoms with Crippen LogP contribution in [-0.2, 0) is 6.54 Å². The van der Waals surface area contributed by atoms with Gasteiger partial charge in [0.1, 0.15) is 0 Å². The highest BCUT2D eigenvalue weighted by Crippen LogP contribution is 2.14. The fourth-order valence-corrected chi connectivity index (χ4v) is 1.46. The van der Waals surface area contributed by atoms with E-state index in [1.807, 2.05) is 6.07 Å². The van der Waals surface area contributed by atoms with E-state index in [9.17, 15) is 0 Å². The number of nitrogens with zero attached hydrogens (tertiary/aromatic N) is 1. The molecule has 0 bridgehead atoms. The van der Waals surface area contributed by atoms with E-state index in [0.717, 1.165) is 9.75 Å². The number of amidine groups is 1. The number of hydrogen-bond donors (Lipinski definition) is 3. The summed E-state index contributed by atoms with van der Waals surface area (Å²) in [5, 5.41) is 11.2. The van der Waals surface area contributed by atoms with Crippen molar-refractivity contribution < 1.29 is 5.21 Å². The van der Waals surface area contributed by atoms with Crippen LogP contribution in [0.1, 0.15) is 9.75 Å². The van der Waals surface area contributed by atoms with E-state index in [4.69, 9.17) is 16.7 Å². The molecule has 0 spiro atoms. The monoisotopic (exact) mass is 171 g/mol. The molecule has 0 atom stereocenters. The summed E-state index contributed by atoms with van der Waals surface area (Å²) < 4.78 is 0. The standard InChI is InChI=1S/C6H9N3OS/c7-3-4-1-2-5(11-4)6(8)9-10/h1-2,10H,3,7H2,(H2,8,9). The molecule has 0 unspecified atom stereocenters. The van der Waals surface area contributed by atoms with Crippen molar-refractivity contribution >= 4 is 17.2 Å². The summed E-state index contributed by atoms with van der Waals surface area (Å²) in [5.74, 6) is 0.134. The summed E-state index contributed by atoms with van der Waals surface area (Å²) in [4.78, 5) is 1.76. The molecule has 5 N–H and O–H groups in total. The highest BCUT2D eigenvalue weighted by atomic mass is 32.1. The van der Waals surface area contributed by atoms with Gasteiger partial charge < -0.3 is 16.7 Å². The number of oxime groups is 1. The Kier molecular flexibility index (Phi) is 2.45. The molecule has 0 aliphatic heterocycles. The molecule has 0 radical (unpaired) electrons. The lowest BCUT2D eigenvalue weighted by molar-refractivity contribution is 0.319. The van der Waals surface area contributed by atoms with E-state index < -0.39 is 0 Å². The Morgan fingerprint density at radius 3 is 2.82 bits per heavy atom. The first kappa shape index (κ1) is 8.03. The third-order valence-electron chi connectivity index (χ3n) is 1.22. The smallest absolute Gasteiger partial charge is 0.180 e. The Morgan fingerprint density at radius 1 is 1.64 bits per heavy atom. The number of thiophene rings is 1. The van der Waals surface area contributed by atoms with Crippen molar-refractivity contribution in [3.8, 4) is 0 Å². The molecule has 0 saturated carbocycles. The van der Waals surface area contributed by atoms with Gasteiger partial charge in [0.05, 0.1) is 4.88 Å². The molecule has 5 heteroatoms. The average Bonchev–Trinajstić information content (AvgIpc) is 2.50.